The molecule has 8 heterocycles. The fourth-order valence-electron chi connectivity index (χ4n) is 11.9. The summed E-state index contributed by atoms with van der Waals surface area (Å²) in [5.74, 6) is 1.43. The number of H-pyrrole nitrogens is 1. The van der Waals surface area contributed by atoms with Crippen molar-refractivity contribution in [1.82, 2.24) is 59.6 Å². The molecule has 4 aliphatic rings. The lowest BCUT2D eigenvalue weighted by molar-refractivity contribution is -0.121. The number of aromatic nitrogens is 7. The largest absolute Gasteiger partial charge is 0.492 e. The standard InChI is InChI=1S/C63H84FN15O7S/c1-40-33-76(24-23-75(40)35-47-36-78(60(82)86-61(5,6)7)41(2)34-77(47)37-55(80)79-38-63(11,12)56-51(79)27-45(30-67-56)26-44-14-16-46(64)17-15-44)54-32-65-50(31-66-54)59(81)74-21-19-73(20-22-74)18-13-25-85-52-29-49-48(28-53(52)87(83,84)62(8,9)10)58(69-39-68-49)70-57-42(3)43(4)71-72-57/h14-17,27-32,39-41,47H,13,18-26,33-38H2,1-12H3,(H2,68,69,70,71,72)/t40-,41?,47?/m1/s1. The third-order valence-electron chi connectivity index (χ3n) is 17.2. The van der Waals surface area contributed by atoms with Crippen LogP contribution in [0.15, 0.2) is 72.3 Å². The molecular formula is C63H84FN15O7S. The molecule has 0 spiro atoms. The number of fused-ring (bicyclic) bond motifs is 2. The summed E-state index contributed by atoms with van der Waals surface area (Å²) in [6.45, 7) is 30.2. The van der Waals surface area contributed by atoms with E-state index in [9.17, 15) is 27.2 Å². The molecule has 10 rings (SSSR count). The number of pyridine rings is 1. The maximum Gasteiger partial charge on any atom is 0.410 e. The van der Waals surface area contributed by atoms with Gasteiger partial charge in [-0.25, -0.2) is 37.5 Å². The fraction of sp³-hybridized carbons (Fsp3) is 0.540. The lowest BCUT2D eigenvalue weighted by Crippen LogP contribution is -2.65. The Morgan fingerprint density at radius 2 is 1.56 bits per heavy atom. The summed E-state index contributed by atoms with van der Waals surface area (Å²) in [6.07, 6.45) is 7.33. The lowest BCUT2D eigenvalue weighted by atomic mass is 9.91. The van der Waals surface area contributed by atoms with Crippen LogP contribution in [0.1, 0.15) is 114 Å². The summed E-state index contributed by atoms with van der Waals surface area (Å²) in [4.78, 5) is 80.0. The molecule has 3 atom stereocenters. The molecule has 3 fully saturated rings. The highest BCUT2D eigenvalue weighted by atomic mass is 32.2. The number of halogens is 1. The number of rotatable bonds is 16. The highest BCUT2D eigenvalue weighted by Crippen LogP contribution is 2.41. The molecule has 2 unspecified atom stereocenters. The Bertz CT molecular complexity index is 3600. The zero-order valence-corrected chi connectivity index (χ0v) is 53.2. The van der Waals surface area contributed by atoms with E-state index < -0.39 is 20.2 Å². The van der Waals surface area contributed by atoms with Gasteiger partial charge in [-0.1, -0.05) is 26.0 Å². The molecule has 4 aliphatic heterocycles. The zero-order chi connectivity index (χ0) is 62.3. The molecule has 0 aliphatic carbocycles. The number of carbonyl (C=O) groups is 3. The third-order valence-corrected chi connectivity index (χ3v) is 19.7. The van der Waals surface area contributed by atoms with Crippen LogP contribution in [0.2, 0.25) is 0 Å². The Hall–Kier alpha value is -7.41. The van der Waals surface area contributed by atoms with E-state index in [4.69, 9.17) is 19.4 Å². The van der Waals surface area contributed by atoms with Crippen molar-refractivity contribution in [2.45, 2.75) is 135 Å². The summed E-state index contributed by atoms with van der Waals surface area (Å²) in [5.41, 5.74) is 5.14. The van der Waals surface area contributed by atoms with E-state index in [1.807, 2.05) is 58.7 Å². The molecule has 3 saturated heterocycles. The predicted octanol–water partition coefficient (Wildman–Crippen LogP) is 7.57. The third kappa shape index (κ3) is 14.0. The molecular weight excluding hydrogens is 1130 g/mol. The summed E-state index contributed by atoms with van der Waals surface area (Å²) >= 11 is 0. The van der Waals surface area contributed by atoms with Crippen LogP contribution >= 0.6 is 0 Å². The molecule has 0 bridgehead atoms. The lowest BCUT2D eigenvalue weighted by Gasteiger charge is -2.48. The molecule has 4 aromatic heterocycles. The van der Waals surface area contributed by atoms with Gasteiger partial charge >= 0.3 is 6.09 Å². The maximum absolute atomic E-state index is 14.7. The molecule has 0 radical (unpaired) electrons. The Morgan fingerprint density at radius 1 is 0.816 bits per heavy atom. The number of sulfone groups is 1. The van der Waals surface area contributed by atoms with Crippen molar-refractivity contribution in [2.75, 3.05) is 107 Å². The number of nitrogens with zero attached hydrogens (tertiary/aromatic N) is 13. The van der Waals surface area contributed by atoms with Crippen molar-refractivity contribution >= 4 is 61.8 Å². The van der Waals surface area contributed by atoms with Gasteiger partial charge in [0.2, 0.25) is 5.91 Å². The second-order valence-corrected chi connectivity index (χ2v) is 29.1. The van der Waals surface area contributed by atoms with E-state index in [1.165, 1.54) is 18.5 Å². The second kappa shape index (κ2) is 25.0. The summed E-state index contributed by atoms with van der Waals surface area (Å²) in [5, 5.41) is 11.1. The molecule has 22 nitrogen and oxygen atoms in total. The highest BCUT2D eigenvalue weighted by molar-refractivity contribution is 7.92. The quantitative estimate of drug-likeness (QED) is 0.0890. The van der Waals surface area contributed by atoms with Gasteiger partial charge < -0.3 is 34.4 Å². The predicted molar refractivity (Wildman–Crippen MR) is 332 cm³/mol. The van der Waals surface area contributed by atoms with Crippen molar-refractivity contribution in [1.29, 1.82) is 0 Å². The van der Waals surface area contributed by atoms with Gasteiger partial charge in [-0.2, -0.15) is 5.10 Å². The second-order valence-electron chi connectivity index (χ2n) is 26.4. The van der Waals surface area contributed by atoms with Gasteiger partial charge in [0.25, 0.3) is 5.91 Å². The number of hydrogen-bond donors (Lipinski definition) is 2. The monoisotopic (exact) mass is 1210 g/mol. The Morgan fingerprint density at radius 3 is 2.23 bits per heavy atom. The van der Waals surface area contributed by atoms with Crippen LogP contribution in [0.4, 0.5) is 32.3 Å². The number of nitrogens with one attached hydrogen (secondary N) is 2. The average Bonchev–Trinajstić information content (AvgIpc) is 2.05. The van der Waals surface area contributed by atoms with Gasteiger partial charge in [0.05, 0.1) is 47.2 Å². The van der Waals surface area contributed by atoms with Crippen LogP contribution in [0.3, 0.4) is 0 Å². The molecule has 3 amide bonds. The van der Waals surface area contributed by atoms with Crippen LogP contribution < -0.4 is 19.9 Å². The smallest absolute Gasteiger partial charge is 0.410 e. The van der Waals surface area contributed by atoms with E-state index in [2.05, 4.69) is 70.8 Å². The van der Waals surface area contributed by atoms with E-state index in [1.54, 1.807) is 67.2 Å². The number of benzene rings is 2. The molecule has 2 aromatic carbocycles. The van der Waals surface area contributed by atoms with Gasteiger partial charge in [0.1, 0.15) is 45.7 Å². The zero-order valence-electron chi connectivity index (χ0n) is 52.4. The minimum atomic E-state index is -3.85. The number of piperazine rings is 3. The van der Waals surface area contributed by atoms with E-state index in [0.717, 1.165) is 33.8 Å². The maximum atomic E-state index is 14.7. The summed E-state index contributed by atoms with van der Waals surface area (Å²) in [7, 11) is -3.85. The van der Waals surface area contributed by atoms with Crippen LogP contribution in [0.25, 0.3) is 10.9 Å². The first-order valence-electron chi connectivity index (χ1n) is 30.2. The van der Waals surface area contributed by atoms with Gasteiger partial charge in [-0.05, 0) is 117 Å². The van der Waals surface area contributed by atoms with Gasteiger partial charge in [0, 0.05) is 131 Å². The SMILES string of the molecule is Cc1[nH]nc(Nc2ncnc3cc(OCCCN4CCN(C(=O)c5cnc(N6CCN(CC7CN(C(=O)OC(C)(C)C)C(C)CN7CC(=O)N7CC(C)(C)c8ncc(Cc9ccc(F)cc9)cc87)[C@H](C)C6)cn5)CC4)c(S(=O)(=O)C(C)(C)C)cc23)c1C. The van der Waals surface area contributed by atoms with Crippen LogP contribution in [-0.4, -0.2) is 206 Å². The Balaban J connectivity index is 0.728. The van der Waals surface area contributed by atoms with Crippen LogP contribution in [0.5, 0.6) is 5.75 Å². The normalized spacial score (nSPS) is 19.8. The Labute approximate surface area is 510 Å². The fourth-order valence-corrected chi connectivity index (χ4v) is 13.2. The average molecular weight is 1210 g/mol. The number of amides is 3. The molecule has 6 aromatic rings. The van der Waals surface area contributed by atoms with Gasteiger partial charge in [0.15, 0.2) is 15.7 Å². The van der Waals surface area contributed by atoms with Crippen molar-refractivity contribution in [3.05, 3.63) is 107 Å². The molecule has 2 N–H and O–H groups in total. The van der Waals surface area contributed by atoms with Crippen molar-refractivity contribution in [3.8, 4) is 5.75 Å². The van der Waals surface area contributed by atoms with E-state index in [-0.39, 0.29) is 76.8 Å². The van der Waals surface area contributed by atoms with Gasteiger partial charge in [-0.3, -0.25) is 34.4 Å². The molecule has 87 heavy (non-hydrogen) atoms. The van der Waals surface area contributed by atoms with Crippen LogP contribution in [0, 0.1) is 19.7 Å². The molecule has 0 saturated carbocycles. The first kappa shape index (κ1) is 62.6. The first-order valence-corrected chi connectivity index (χ1v) is 31.7. The minimum absolute atomic E-state index is 0.0342. The molecule has 24 heteroatoms. The van der Waals surface area contributed by atoms with Crippen molar-refractivity contribution in [3.63, 3.8) is 0 Å². The highest BCUT2D eigenvalue weighted by Gasteiger charge is 2.44. The number of ether oxygens (including phenoxy) is 2. The summed E-state index contributed by atoms with van der Waals surface area (Å²) < 4.78 is 52.9. The molecule has 466 valence electrons. The Kier molecular flexibility index (Phi) is 18.0. The topological polar surface area (TPSA) is 232 Å². The summed E-state index contributed by atoms with van der Waals surface area (Å²) in [6, 6.07) is 11.4. The van der Waals surface area contributed by atoms with E-state index in [0.29, 0.717) is 120 Å². The first-order chi connectivity index (χ1) is 41.1. The van der Waals surface area contributed by atoms with Crippen LogP contribution in [-0.2, 0) is 31.2 Å². The van der Waals surface area contributed by atoms with Crippen molar-refractivity contribution in [2.24, 2.45) is 0 Å². The number of aromatic amines is 1. The van der Waals surface area contributed by atoms with E-state index >= 15 is 0 Å². The minimum Gasteiger partial charge on any atom is -0.492 e. The number of anilines is 4. The number of aryl methyl sites for hydroxylation is 1. The number of hydrogen-bond acceptors (Lipinski definition) is 18. The van der Waals surface area contributed by atoms with Gasteiger partial charge in [-0.15, -0.1) is 0 Å². The number of carbonyl (C=O) groups excluding carboxylic acids is 3. The van der Waals surface area contributed by atoms with Crippen molar-refractivity contribution < 1.29 is 36.7 Å².